The molecule has 5 nitrogen and oxygen atoms in total. The van der Waals surface area contributed by atoms with Crippen molar-refractivity contribution in [2.24, 2.45) is 0 Å². The predicted molar refractivity (Wildman–Crippen MR) is 79.6 cm³/mol. The van der Waals surface area contributed by atoms with Crippen LogP contribution in [0.2, 0.25) is 5.02 Å². The summed E-state index contributed by atoms with van der Waals surface area (Å²) in [5.74, 6) is -0.481. The number of nitrogens with one attached hydrogen (secondary N) is 1. The molecule has 0 radical (unpaired) electrons. The molecule has 0 aliphatic carbocycles. The van der Waals surface area contributed by atoms with Gasteiger partial charge in [-0.2, -0.15) is 0 Å². The molecule has 0 atom stereocenters. The molecule has 0 aliphatic heterocycles. The number of hydrogen-bond acceptors (Lipinski definition) is 4. The van der Waals surface area contributed by atoms with Crippen LogP contribution in [0.25, 0.3) is 0 Å². The summed E-state index contributed by atoms with van der Waals surface area (Å²) in [5, 5.41) is -0.0106. The minimum atomic E-state index is -3.95. The molecule has 0 heterocycles. The van der Waals surface area contributed by atoms with E-state index < -0.39 is 15.8 Å². The van der Waals surface area contributed by atoms with Gasteiger partial charge in [0.25, 0.3) is 10.0 Å². The number of sulfonamides is 1. The molecular weight excluding hydrogens is 319 g/mol. The lowest BCUT2D eigenvalue weighted by Gasteiger charge is -2.13. The maximum absolute atomic E-state index is 13.1. The molecule has 21 heavy (non-hydrogen) atoms. The van der Waals surface area contributed by atoms with Crippen molar-refractivity contribution in [3.63, 3.8) is 0 Å². The van der Waals surface area contributed by atoms with Crippen LogP contribution in [0.3, 0.4) is 0 Å². The van der Waals surface area contributed by atoms with E-state index in [0.29, 0.717) is 5.69 Å². The summed E-state index contributed by atoms with van der Waals surface area (Å²) in [6.45, 7) is 0. The molecule has 0 unspecified atom stereocenters. The first-order valence-electron chi connectivity index (χ1n) is 5.75. The van der Waals surface area contributed by atoms with Gasteiger partial charge in [-0.05, 0) is 30.3 Å². The lowest BCUT2D eigenvalue weighted by atomic mass is 10.3. The fourth-order valence-electron chi connectivity index (χ4n) is 1.68. The van der Waals surface area contributed by atoms with Crippen LogP contribution in [0.1, 0.15) is 0 Å². The largest absolute Gasteiger partial charge is 0.494 e. The van der Waals surface area contributed by atoms with E-state index in [1.807, 2.05) is 0 Å². The van der Waals surface area contributed by atoms with Gasteiger partial charge < -0.3 is 10.5 Å². The Morgan fingerprint density at radius 2 is 1.95 bits per heavy atom. The first kappa shape index (κ1) is 15.4. The van der Waals surface area contributed by atoms with Gasteiger partial charge in [0, 0.05) is 11.8 Å². The highest BCUT2D eigenvalue weighted by Crippen LogP contribution is 2.30. The number of hydrogen-bond donors (Lipinski definition) is 2. The van der Waals surface area contributed by atoms with E-state index in [4.69, 9.17) is 22.1 Å². The minimum absolute atomic E-state index is 0.0106. The van der Waals surface area contributed by atoms with Gasteiger partial charge in [0.1, 0.15) is 16.5 Å². The van der Waals surface area contributed by atoms with Crippen LogP contribution in [0, 0.1) is 5.82 Å². The zero-order valence-electron chi connectivity index (χ0n) is 10.9. The summed E-state index contributed by atoms with van der Waals surface area (Å²) < 4.78 is 44.9. The van der Waals surface area contributed by atoms with E-state index in [1.54, 1.807) is 0 Å². The van der Waals surface area contributed by atoms with Crippen molar-refractivity contribution in [1.29, 1.82) is 0 Å². The van der Waals surface area contributed by atoms with Gasteiger partial charge in [0.15, 0.2) is 0 Å². The maximum atomic E-state index is 13.1. The average Bonchev–Trinajstić information content (AvgIpc) is 2.40. The molecule has 0 saturated carbocycles. The van der Waals surface area contributed by atoms with Crippen molar-refractivity contribution in [3.05, 3.63) is 47.2 Å². The second-order valence-electron chi connectivity index (χ2n) is 4.14. The van der Waals surface area contributed by atoms with Gasteiger partial charge in [0.2, 0.25) is 0 Å². The summed E-state index contributed by atoms with van der Waals surface area (Å²) in [6, 6.07) is 7.49. The Bertz CT molecular complexity index is 781. The molecule has 8 heteroatoms. The minimum Gasteiger partial charge on any atom is -0.494 e. The first-order chi connectivity index (χ1) is 9.83. The highest BCUT2D eigenvalue weighted by molar-refractivity contribution is 7.92. The smallest absolute Gasteiger partial charge is 0.263 e. The average molecular weight is 331 g/mol. The second kappa shape index (κ2) is 5.79. The summed E-state index contributed by atoms with van der Waals surface area (Å²) in [4.78, 5) is -0.134. The Balaban J connectivity index is 2.42. The monoisotopic (exact) mass is 330 g/mol. The van der Waals surface area contributed by atoms with Crippen LogP contribution in [0.4, 0.5) is 15.8 Å². The van der Waals surface area contributed by atoms with E-state index in [1.165, 1.54) is 31.4 Å². The quantitative estimate of drug-likeness (QED) is 0.845. The van der Waals surface area contributed by atoms with E-state index in [2.05, 4.69) is 4.72 Å². The van der Waals surface area contributed by atoms with Crippen LogP contribution in [0.5, 0.6) is 5.75 Å². The third-order valence-corrected chi connectivity index (χ3v) is 4.50. The molecule has 0 aromatic heterocycles. The lowest BCUT2D eigenvalue weighted by molar-refractivity contribution is 0.413. The lowest BCUT2D eigenvalue weighted by Crippen LogP contribution is -2.14. The Morgan fingerprint density at radius 1 is 1.24 bits per heavy atom. The molecule has 0 fully saturated rings. The molecule has 112 valence electrons. The number of benzene rings is 2. The summed E-state index contributed by atoms with van der Waals surface area (Å²) in [5.41, 5.74) is 5.97. The van der Waals surface area contributed by atoms with Crippen molar-refractivity contribution < 1.29 is 17.5 Å². The second-order valence-corrected chi connectivity index (χ2v) is 6.20. The van der Waals surface area contributed by atoms with Crippen molar-refractivity contribution in [3.8, 4) is 5.75 Å². The number of methoxy groups -OCH3 is 1. The van der Waals surface area contributed by atoms with E-state index in [0.717, 1.165) is 12.1 Å². The van der Waals surface area contributed by atoms with Crippen molar-refractivity contribution in [2.75, 3.05) is 17.6 Å². The Morgan fingerprint density at radius 3 is 2.57 bits per heavy atom. The number of ether oxygens (including phenoxy) is 1. The van der Waals surface area contributed by atoms with Crippen LogP contribution < -0.4 is 15.2 Å². The third-order valence-electron chi connectivity index (χ3n) is 2.65. The van der Waals surface area contributed by atoms with Crippen molar-refractivity contribution in [1.82, 2.24) is 0 Å². The molecule has 2 rings (SSSR count). The maximum Gasteiger partial charge on any atom is 0.263 e. The summed E-state index contributed by atoms with van der Waals surface area (Å²) >= 11 is 5.89. The molecular formula is C13H12ClFN2O3S. The summed E-state index contributed by atoms with van der Waals surface area (Å²) in [7, 11) is -2.64. The van der Waals surface area contributed by atoms with E-state index in [-0.39, 0.29) is 21.4 Å². The predicted octanol–water partition coefficient (Wildman–Crippen LogP) is 2.87. The third kappa shape index (κ3) is 3.37. The zero-order chi connectivity index (χ0) is 15.6. The number of anilines is 2. The van der Waals surface area contributed by atoms with Gasteiger partial charge in [-0.1, -0.05) is 11.6 Å². The van der Waals surface area contributed by atoms with Gasteiger partial charge in [-0.25, -0.2) is 12.8 Å². The Kier molecular flexibility index (Phi) is 4.24. The molecule has 0 bridgehead atoms. The fraction of sp³-hybridized carbons (Fsp3) is 0.0769. The molecule has 3 N–H and O–H groups in total. The highest BCUT2D eigenvalue weighted by Gasteiger charge is 2.20. The Hall–Kier alpha value is -1.99. The number of rotatable bonds is 4. The van der Waals surface area contributed by atoms with Gasteiger partial charge >= 0.3 is 0 Å². The normalized spacial score (nSPS) is 11.2. The van der Waals surface area contributed by atoms with Crippen LogP contribution in [-0.2, 0) is 10.0 Å². The fourth-order valence-corrected chi connectivity index (χ4v) is 3.31. The van der Waals surface area contributed by atoms with E-state index >= 15 is 0 Å². The Labute approximate surface area is 126 Å². The summed E-state index contributed by atoms with van der Waals surface area (Å²) in [6.07, 6.45) is 0. The topological polar surface area (TPSA) is 81.4 Å². The molecule has 0 saturated heterocycles. The highest BCUT2D eigenvalue weighted by atomic mass is 35.5. The van der Waals surface area contributed by atoms with Crippen molar-refractivity contribution >= 4 is 33.0 Å². The molecule has 2 aromatic carbocycles. The van der Waals surface area contributed by atoms with Gasteiger partial charge in [0.05, 0.1) is 17.8 Å². The van der Waals surface area contributed by atoms with E-state index in [9.17, 15) is 12.8 Å². The molecule has 2 aromatic rings. The van der Waals surface area contributed by atoms with Crippen LogP contribution >= 0.6 is 11.6 Å². The molecule has 0 aliphatic rings. The molecule has 0 spiro atoms. The van der Waals surface area contributed by atoms with Gasteiger partial charge in [-0.3, -0.25) is 4.72 Å². The zero-order valence-corrected chi connectivity index (χ0v) is 12.5. The van der Waals surface area contributed by atoms with Crippen LogP contribution in [0.15, 0.2) is 41.3 Å². The first-order valence-corrected chi connectivity index (χ1v) is 7.61. The van der Waals surface area contributed by atoms with Crippen molar-refractivity contribution in [2.45, 2.75) is 4.90 Å². The number of halogens is 2. The van der Waals surface area contributed by atoms with Gasteiger partial charge in [-0.15, -0.1) is 0 Å². The number of nitrogen functional groups attached to an aromatic ring is 1. The van der Waals surface area contributed by atoms with Crippen LogP contribution in [-0.4, -0.2) is 15.5 Å². The number of nitrogens with two attached hydrogens (primary N) is 1. The standard InChI is InChI=1S/C13H12ClFN2O3S/c1-20-12-6-8(15)2-4-11(12)17-21(18,19)13-5-3-9(16)7-10(13)14/h2-7,17H,16H2,1H3. The SMILES string of the molecule is COc1cc(F)ccc1NS(=O)(=O)c1ccc(N)cc1Cl. The molecule has 0 amide bonds.